The van der Waals surface area contributed by atoms with E-state index in [2.05, 4.69) is 11.9 Å². The van der Waals surface area contributed by atoms with Crippen LogP contribution in [-0.4, -0.2) is 18.5 Å². The van der Waals surface area contributed by atoms with E-state index in [4.69, 9.17) is 4.74 Å². The zero-order valence-electron chi connectivity index (χ0n) is 12.2. The van der Waals surface area contributed by atoms with Crippen LogP contribution in [0.3, 0.4) is 0 Å². The molecule has 0 atom stereocenters. The van der Waals surface area contributed by atoms with Gasteiger partial charge in [0.25, 0.3) is 0 Å². The molecule has 0 aliphatic carbocycles. The Labute approximate surface area is 123 Å². The molecule has 0 aliphatic heterocycles. The van der Waals surface area contributed by atoms with Crippen LogP contribution in [0.4, 0.5) is 5.00 Å². The maximum Gasteiger partial charge on any atom is 0.341 e. The van der Waals surface area contributed by atoms with Crippen LogP contribution < -0.4 is 5.32 Å². The fourth-order valence-corrected chi connectivity index (χ4v) is 3.08. The van der Waals surface area contributed by atoms with Gasteiger partial charge >= 0.3 is 5.97 Å². The number of carbonyl (C=O) groups excluding carboxylic acids is 2. The average molecular weight is 295 g/mol. The van der Waals surface area contributed by atoms with Gasteiger partial charge in [-0.15, -0.1) is 17.9 Å². The van der Waals surface area contributed by atoms with Crippen molar-refractivity contribution in [3.63, 3.8) is 0 Å². The number of ether oxygens (including phenoxy) is 1. The fourth-order valence-electron chi connectivity index (χ4n) is 1.93. The second-order valence-corrected chi connectivity index (χ2v) is 5.52. The lowest BCUT2D eigenvalue weighted by Gasteiger charge is -2.07. The summed E-state index contributed by atoms with van der Waals surface area (Å²) in [5, 5.41) is 3.40. The van der Waals surface area contributed by atoms with Crippen molar-refractivity contribution in [2.75, 3.05) is 11.9 Å². The van der Waals surface area contributed by atoms with Gasteiger partial charge in [-0.25, -0.2) is 4.79 Å². The molecule has 20 heavy (non-hydrogen) atoms. The van der Waals surface area contributed by atoms with Gasteiger partial charge < -0.3 is 10.1 Å². The predicted molar refractivity (Wildman–Crippen MR) is 82.5 cm³/mol. The quantitative estimate of drug-likeness (QED) is 0.616. The summed E-state index contributed by atoms with van der Waals surface area (Å²) in [5.74, 6) is -0.480. The topological polar surface area (TPSA) is 55.4 Å². The van der Waals surface area contributed by atoms with Crippen molar-refractivity contribution < 1.29 is 14.3 Å². The van der Waals surface area contributed by atoms with E-state index in [9.17, 15) is 9.59 Å². The van der Waals surface area contributed by atoms with Crippen molar-refractivity contribution in [3.05, 3.63) is 28.7 Å². The van der Waals surface area contributed by atoms with E-state index in [-0.39, 0.29) is 11.9 Å². The van der Waals surface area contributed by atoms with Crippen molar-refractivity contribution in [2.24, 2.45) is 0 Å². The zero-order chi connectivity index (χ0) is 15.1. The number of amides is 1. The summed E-state index contributed by atoms with van der Waals surface area (Å²) in [6.45, 7) is 9.62. The van der Waals surface area contributed by atoms with E-state index in [0.717, 1.165) is 16.9 Å². The molecule has 0 fully saturated rings. The van der Waals surface area contributed by atoms with E-state index < -0.39 is 0 Å². The molecule has 0 bridgehead atoms. The van der Waals surface area contributed by atoms with Gasteiger partial charge in [-0.1, -0.05) is 13.0 Å². The highest BCUT2D eigenvalue weighted by molar-refractivity contribution is 7.16. The SMILES string of the molecule is C=CCCC(=O)Nc1sc(C)c(CC)c1C(=O)OCC. The van der Waals surface area contributed by atoms with Crippen LogP contribution in [0.1, 0.15) is 47.5 Å². The number of carbonyl (C=O) groups is 2. The number of hydrogen-bond donors (Lipinski definition) is 1. The largest absolute Gasteiger partial charge is 0.462 e. The van der Waals surface area contributed by atoms with E-state index >= 15 is 0 Å². The summed E-state index contributed by atoms with van der Waals surface area (Å²) in [5.41, 5.74) is 1.45. The normalized spacial score (nSPS) is 10.2. The number of esters is 1. The van der Waals surface area contributed by atoms with Crippen molar-refractivity contribution in [2.45, 2.75) is 40.0 Å². The number of thiophene rings is 1. The van der Waals surface area contributed by atoms with Crippen LogP contribution in [0.25, 0.3) is 0 Å². The third-order valence-electron chi connectivity index (χ3n) is 2.87. The summed E-state index contributed by atoms with van der Waals surface area (Å²) < 4.78 is 5.09. The summed E-state index contributed by atoms with van der Waals surface area (Å²) in [4.78, 5) is 24.9. The molecule has 0 aliphatic rings. The molecule has 1 amide bonds. The Bertz CT molecular complexity index is 505. The highest BCUT2D eigenvalue weighted by Gasteiger charge is 2.23. The Morgan fingerprint density at radius 3 is 2.65 bits per heavy atom. The molecule has 1 aromatic heterocycles. The third-order valence-corrected chi connectivity index (χ3v) is 3.93. The van der Waals surface area contributed by atoms with Crippen molar-refractivity contribution >= 4 is 28.2 Å². The lowest BCUT2D eigenvalue weighted by molar-refractivity contribution is -0.116. The number of anilines is 1. The van der Waals surface area contributed by atoms with Crippen LogP contribution in [0, 0.1) is 6.92 Å². The summed E-state index contributed by atoms with van der Waals surface area (Å²) in [6.07, 6.45) is 3.41. The van der Waals surface area contributed by atoms with Gasteiger partial charge in [0.2, 0.25) is 5.91 Å². The highest BCUT2D eigenvalue weighted by atomic mass is 32.1. The molecule has 0 aromatic carbocycles. The zero-order valence-corrected chi connectivity index (χ0v) is 13.1. The van der Waals surface area contributed by atoms with Gasteiger partial charge in [-0.3, -0.25) is 4.79 Å². The number of nitrogens with one attached hydrogen (secondary N) is 1. The highest BCUT2D eigenvalue weighted by Crippen LogP contribution is 2.34. The first-order valence-corrected chi connectivity index (χ1v) is 7.56. The summed E-state index contributed by atoms with van der Waals surface area (Å²) in [7, 11) is 0. The Kier molecular flexibility index (Phi) is 6.45. The van der Waals surface area contributed by atoms with Crippen LogP contribution in [-0.2, 0) is 16.0 Å². The molecular weight excluding hydrogens is 274 g/mol. The molecule has 1 heterocycles. The number of allylic oxidation sites excluding steroid dienone is 1. The second-order valence-electron chi connectivity index (χ2n) is 4.29. The molecule has 1 N–H and O–H groups in total. The lowest BCUT2D eigenvalue weighted by Crippen LogP contribution is -2.14. The average Bonchev–Trinajstić information content (AvgIpc) is 2.72. The smallest absolute Gasteiger partial charge is 0.341 e. The first-order chi connectivity index (χ1) is 9.54. The van der Waals surface area contributed by atoms with Gasteiger partial charge in [0.15, 0.2) is 0 Å². The minimum atomic E-state index is -0.368. The van der Waals surface area contributed by atoms with Gasteiger partial charge in [0.05, 0.1) is 12.2 Å². The number of hydrogen-bond acceptors (Lipinski definition) is 4. The molecule has 0 saturated heterocycles. The van der Waals surface area contributed by atoms with Crippen molar-refractivity contribution in [3.8, 4) is 0 Å². The fraction of sp³-hybridized carbons (Fsp3) is 0.467. The standard InChI is InChI=1S/C15H21NO3S/c1-5-8-9-12(17)16-14-13(15(18)19-7-3)11(6-2)10(4)20-14/h5H,1,6-9H2,2-4H3,(H,16,17). The van der Waals surface area contributed by atoms with E-state index in [1.807, 2.05) is 13.8 Å². The van der Waals surface area contributed by atoms with E-state index in [1.54, 1.807) is 13.0 Å². The number of aryl methyl sites for hydroxylation is 1. The molecule has 0 unspecified atom stereocenters. The minimum Gasteiger partial charge on any atom is -0.462 e. The maximum absolute atomic E-state index is 12.1. The number of rotatable bonds is 7. The second kappa shape index (κ2) is 7.85. The Morgan fingerprint density at radius 1 is 1.40 bits per heavy atom. The molecular formula is C15H21NO3S. The Balaban J connectivity index is 3.03. The molecule has 1 rings (SSSR count). The predicted octanol–water partition coefficient (Wildman–Crippen LogP) is 3.70. The molecule has 4 nitrogen and oxygen atoms in total. The van der Waals surface area contributed by atoms with Crippen LogP contribution in [0.5, 0.6) is 0 Å². The van der Waals surface area contributed by atoms with Crippen LogP contribution in [0.15, 0.2) is 12.7 Å². The Morgan fingerprint density at radius 2 is 2.10 bits per heavy atom. The van der Waals surface area contributed by atoms with Gasteiger partial charge in [0, 0.05) is 11.3 Å². The molecule has 110 valence electrons. The summed E-state index contributed by atoms with van der Waals surface area (Å²) >= 11 is 1.42. The molecule has 0 saturated carbocycles. The first-order valence-electron chi connectivity index (χ1n) is 6.75. The van der Waals surface area contributed by atoms with Gasteiger partial charge in [0.1, 0.15) is 5.00 Å². The molecule has 5 heteroatoms. The first kappa shape index (κ1) is 16.4. The van der Waals surface area contributed by atoms with E-state index in [0.29, 0.717) is 30.0 Å². The molecule has 1 aromatic rings. The van der Waals surface area contributed by atoms with Crippen LogP contribution in [0.2, 0.25) is 0 Å². The van der Waals surface area contributed by atoms with Crippen molar-refractivity contribution in [1.29, 1.82) is 0 Å². The van der Waals surface area contributed by atoms with Gasteiger partial charge in [-0.2, -0.15) is 0 Å². The third kappa shape index (κ3) is 3.93. The van der Waals surface area contributed by atoms with Gasteiger partial charge in [-0.05, 0) is 32.3 Å². The molecule has 0 radical (unpaired) electrons. The van der Waals surface area contributed by atoms with Crippen LogP contribution >= 0.6 is 11.3 Å². The monoisotopic (exact) mass is 295 g/mol. The Hall–Kier alpha value is -1.62. The maximum atomic E-state index is 12.1. The molecule has 0 spiro atoms. The van der Waals surface area contributed by atoms with Crippen molar-refractivity contribution in [1.82, 2.24) is 0 Å². The lowest BCUT2D eigenvalue weighted by atomic mass is 10.1. The summed E-state index contributed by atoms with van der Waals surface area (Å²) in [6, 6.07) is 0. The van der Waals surface area contributed by atoms with E-state index in [1.165, 1.54) is 11.3 Å². The minimum absolute atomic E-state index is 0.112.